The summed E-state index contributed by atoms with van der Waals surface area (Å²) in [6.45, 7) is 0. The first kappa shape index (κ1) is 14.0. The summed E-state index contributed by atoms with van der Waals surface area (Å²) in [5.41, 5.74) is 3.77. The minimum absolute atomic E-state index is 0.205. The van der Waals surface area contributed by atoms with E-state index >= 15 is 0 Å². The van der Waals surface area contributed by atoms with E-state index in [9.17, 15) is 4.79 Å². The highest BCUT2D eigenvalue weighted by atomic mass is 79.9. The van der Waals surface area contributed by atoms with Crippen molar-refractivity contribution in [2.45, 2.75) is 0 Å². The van der Waals surface area contributed by atoms with Gasteiger partial charge in [-0.3, -0.25) is 4.79 Å². The van der Waals surface area contributed by atoms with Gasteiger partial charge in [0.1, 0.15) is 16.1 Å². The van der Waals surface area contributed by atoms with Crippen molar-refractivity contribution in [3.05, 3.63) is 51.7 Å². The highest BCUT2D eigenvalue weighted by Gasteiger charge is 2.09. The maximum atomic E-state index is 11.9. The molecule has 1 aromatic carbocycles. The Morgan fingerprint density at radius 1 is 1.33 bits per heavy atom. The SMILES string of the molecule is Cn1cc(Br)nc1-c1ccc(NC(=O)c2cscn2)cc1. The zero-order valence-corrected chi connectivity index (χ0v) is 13.5. The number of aryl methyl sites for hydroxylation is 1. The molecule has 0 aliphatic heterocycles. The fourth-order valence-corrected chi connectivity index (χ4v) is 2.93. The van der Waals surface area contributed by atoms with Crippen LogP contribution in [0.1, 0.15) is 10.5 Å². The van der Waals surface area contributed by atoms with Gasteiger partial charge < -0.3 is 9.88 Å². The number of imidazole rings is 1. The summed E-state index contributed by atoms with van der Waals surface area (Å²) in [5, 5.41) is 4.53. The van der Waals surface area contributed by atoms with Gasteiger partial charge in [-0.2, -0.15) is 0 Å². The summed E-state index contributed by atoms with van der Waals surface area (Å²) in [5.74, 6) is 0.656. The molecule has 1 amide bonds. The Labute approximate surface area is 133 Å². The fraction of sp³-hybridized carbons (Fsp3) is 0.0714. The molecule has 0 saturated heterocycles. The lowest BCUT2D eigenvalue weighted by molar-refractivity contribution is 0.102. The molecule has 0 atom stereocenters. The van der Waals surface area contributed by atoms with E-state index in [4.69, 9.17) is 0 Å². The molecule has 5 nitrogen and oxygen atoms in total. The van der Waals surface area contributed by atoms with E-state index < -0.39 is 0 Å². The summed E-state index contributed by atoms with van der Waals surface area (Å²) in [6.07, 6.45) is 1.90. The molecule has 7 heteroatoms. The maximum absolute atomic E-state index is 11.9. The average Bonchev–Trinajstić information content (AvgIpc) is 3.09. The number of rotatable bonds is 3. The van der Waals surface area contributed by atoms with Gasteiger partial charge in [0.15, 0.2) is 0 Å². The standard InChI is InChI=1S/C14H11BrN4OS/c1-19-6-12(15)18-13(19)9-2-4-10(5-3-9)17-14(20)11-7-21-8-16-11/h2-8H,1H3,(H,17,20). The molecule has 0 fully saturated rings. The van der Waals surface area contributed by atoms with Gasteiger partial charge in [0.2, 0.25) is 0 Å². The van der Waals surface area contributed by atoms with Crippen molar-refractivity contribution in [1.29, 1.82) is 0 Å². The predicted octanol–water partition coefficient (Wildman–Crippen LogP) is 3.56. The van der Waals surface area contributed by atoms with E-state index in [2.05, 4.69) is 31.2 Å². The molecule has 2 aromatic heterocycles. The molecule has 2 heterocycles. The number of anilines is 1. The topological polar surface area (TPSA) is 59.8 Å². The number of nitrogens with one attached hydrogen (secondary N) is 1. The molecule has 0 radical (unpaired) electrons. The van der Waals surface area contributed by atoms with Crippen LogP contribution in [0.3, 0.4) is 0 Å². The van der Waals surface area contributed by atoms with Gasteiger partial charge in [0, 0.05) is 29.9 Å². The monoisotopic (exact) mass is 362 g/mol. The number of aromatic nitrogens is 3. The number of carbonyl (C=O) groups is 1. The third-order valence-corrected chi connectivity index (χ3v) is 3.88. The first-order valence-electron chi connectivity index (χ1n) is 6.12. The van der Waals surface area contributed by atoms with Crippen molar-refractivity contribution in [1.82, 2.24) is 14.5 Å². The summed E-state index contributed by atoms with van der Waals surface area (Å²) in [6, 6.07) is 7.54. The average molecular weight is 363 g/mol. The normalized spacial score (nSPS) is 10.6. The van der Waals surface area contributed by atoms with Crippen molar-refractivity contribution in [3.8, 4) is 11.4 Å². The van der Waals surface area contributed by atoms with Crippen LogP contribution in [0, 0.1) is 0 Å². The van der Waals surface area contributed by atoms with Gasteiger partial charge in [0.25, 0.3) is 5.91 Å². The third kappa shape index (κ3) is 3.03. The number of thiazole rings is 1. The van der Waals surface area contributed by atoms with Crippen molar-refractivity contribution in [2.24, 2.45) is 7.05 Å². The van der Waals surface area contributed by atoms with E-state index in [0.29, 0.717) is 5.69 Å². The van der Waals surface area contributed by atoms with E-state index in [-0.39, 0.29) is 5.91 Å². The fourth-order valence-electron chi connectivity index (χ4n) is 1.92. The molecular weight excluding hydrogens is 352 g/mol. The molecule has 0 aliphatic rings. The molecule has 0 aliphatic carbocycles. The largest absolute Gasteiger partial charge is 0.333 e. The van der Waals surface area contributed by atoms with E-state index in [1.165, 1.54) is 11.3 Å². The molecule has 3 aromatic rings. The second-order valence-electron chi connectivity index (χ2n) is 4.40. The molecule has 21 heavy (non-hydrogen) atoms. The molecule has 106 valence electrons. The molecule has 3 rings (SSSR count). The Morgan fingerprint density at radius 3 is 2.67 bits per heavy atom. The van der Waals surface area contributed by atoms with Crippen molar-refractivity contribution in [3.63, 3.8) is 0 Å². The highest BCUT2D eigenvalue weighted by Crippen LogP contribution is 2.22. The van der Waals surface area contributed by atoms with Crippen LogP contribution in [0.4, 0.5) is 5.69 Å². The Bertz CT molecular complexity index is 765. The minimum Gasteiger partial charge on any atom is -0.333 e. The van der Waals surface area contributed by atoms with Crippen LogP contribution in [0.5, 0.6) is 0 Å². The predicted molar refractivity (Wildman–Crippen MR) is 86.4 cm³/mol. The molecule has 0 saturated carbocycles. The lowest BCUT2D eigenvalue weighted by atomic mass is 10.2. The highest BCUT2D eigenvalue weighted by molar-refractivity contribution is 9.10. The van der Waals surface area contributed by atoms with Gasteiger partial charge in [-0.05, 0) is 40.2 Å². The van der Waals surface area contributed by atoms with Gasteiger partial charge in [-0.25, -0.2) is 9.97 Å². The third-order valence-electron chi connectivity index (χ3n) is 2.91. The Hall–Kier alpha value is -1.99. The molecule has 0 bridgehead atoms. The number of halogens is 1. The van der Waals surface area contributed by atoms with Crippen LogP contribution in [-0.4, -0.2) is 20.4 Å². The lowest BCUT2D eigenvalue weighted by Crippen LogP contribution is -2.11. The summed E-state index contributed by atoms with van der Waals surface area (Å²) in [4.78, 5) is 20.3. The van der Waals surface area contributed by atoms with Crippen LogP contribution in [-0.2, 0) is 7.05 Å². The van der Waals surface area contributed by atoms with Crippen LogP contribution in [0.25, 0.3) is 11.4 Å². The summed E-state index contributed by atoms with van der Waals surface area (Å²) in [7, 11) is 1.94. The van der Waals surface area contributed by atoms with Crippen LogP contribution in [0.15, 0.2) is 46.0 Å². The number of carbonyl (C=O) groups excluding carboxylic acids is 1. The zero-order chi connectivity index (χ0) is 14.8. The van der Waals surface area contributed by atoms with Gasteiger partial charge in [-0.15, -0.1) is 11.3 Å². The number of hydrogen-bond donors (Lipinski definition) is 1. The second-order valence-corrected chi connectivity index (χ2v) is 5.93. The van der Waals surface area contributed by atoms with Gasteiger partial charge in [0.05, 0.1) is 5.51 Å². The molecular formula is C14H11BrN4OS. The van der Waals surface area contributed by atoms with Gasteiger partial charge in [-0.1, -0.05) is 0 Å². The first-order valence-corrected chi connectivity index (χ1v) is 7.86. The first-order chi connectivity index (χ1) is 10.1. The molecule has 0 spiro atoms. The quantitative estimate of drug-likeness (QED) is 0.774. The number of hydrogen-bond acceptors (Lipinski definition) is 4. The zero-order valence-electron chi connectivity index (χ0n) is 11.1. The summed E-state index contributed by atoms with van der Waals surface area (Å²) < 4.78 is 2.73. The van der Waals surface area contributed by atoms with E-state index in [0.717, 1.165) is 21.7 Å². The van der Waals surface area contributed by atoms with E-state index in [1.54, 1.807) is 10.9 Å². The van der Waals surface area contributed by atoms with Crippen molar-refractivity contribution in [2.75, 3.05) is 5.32 Å². The number of amides is 1. The lowest BCUT2D eigenvalue weighted by Gasteiger charge is -2.05. The van der Waals surface area contributed by atoms with Gasteiger partial charge >= 0.3 is 0 Å². The smallest absolute Gasteiger partial charge is 0.275 e. The van der Waals surface area contributed by atoms with Crippen LogP contribution >= 0.6 is 27.3 Å². The Kier molecular flexibility index (Phi) is 3.85. The van der Waals surface area contributed by atoms with Crippen molar-refractivity contribution >= 4 is 38.9 Å². The van der Waals surface area contributed by atoms with E-state index in [1.807, 2.05) is 42.1 Å². The van der Waals surface area contributed by atoms with Crippen LogP contribution < -0.4 is 5.32 Å². The maximum Gasteiger partial charge on any atom is 0.275 e. The number of nitrogens with zero attached hydrogens (tertiary/aromatic N) is 3. The van der Waals surface area contributed by atoms with Crippen molar-refractivity contribution < 1.29 is 4.79 Å². The molecule has 1 N–H and O–H groups in total. The number of benzene rings is 1. The summed E-state index contributed by atoms with van der Waals surface area (Å²) >= 11 is 4.75. The second kappa shape index (κ2) is 5.79. The minimum atomic E-state index is -0.205. The Morgan fingerprint density at radius 2 is 2.10 bits per heavy atom. The van der Waals surface area contributed by atoms with Crippen LogP contribution in [0.2, 0.25) is 0 Å². The Balaban J connectivity index is 1.78. The molecule has 0 unspecified atom stereocenters.